The van der Waals surface area contributed by atoms with Crippen molar-refractivity contribution < 1.29 is 9.59 Å². The first-order valence-electron chi connectivity index (χ1n) is 8.44. The van der Waals surface area contributed by atoms with Gasteiger partial charge in [-0.05, 0) is 29.2 Å². The highest BCUT2D eigenvalue weighted by Gasteiger charge is 2.27. The molecule has 0 atom stereocenters. The molecule has 126 valence electrons. The van der Waals surface area contributed by atoms with Crippen molar-refractivity contribution in [2.45, 2.75) is 38.3 Å². The van der Waals surface area contributed by atoms with Gasteiger partial charge in [0.25, 0.3) is 0 Å². The number of rotatable bonds is 5. The maximum absolute atomic E-state index is 12.6. The Morgan fingerprint density at radius 1 is 1.08 bits per heavy atom. The first kappa shape index (κ1) is 16.3. The lowest BCUT2D eigenvalue weighted by Gasteiger charge is -2.29. The van der Waals surface area contributed by atoms with E-state index in [0.29, 0.717) is 6.54 Å². The normalized spacial score (nSPS) is 14.7. The smallest absolute Gasteiger partial charge is 0.312 e. The highest BCUT2D eigenvalue weighted by atomic mass is 16.2. The minimum atomic E-state index is -0.667. The molecule has 2 aromatic rings. The number of urea groups is 1. The topological polar surface area (TPSA) is 75.4 Å². The van der Waals surface area contributed by atoms with E-state index in [1.165, 1.54) is 10.8 Å². The fraction of sp³-hybridized carbons (Fsp3) is 0.368. The third kappa shape index (κ3) is 3.67. The Hall–Kier alpha value is -2.56. The Labute approximate surface area is 141 Å². The van der Waals surface area contributed by atoms with E-state index in [2.05, 4.69) is 29.6 Å². The van der Waals surface area contributed by atoms with Crippen molar-refractivity contribution in [2.75, 3.05) is 6.54 Å². The molecule has 0 spiro atoms. The summed E-state index contributed by atoms with van der Waals surface area (Å²) in [4.78, 5) is 25.5. The summed E-state index contributed by atoms with van der Waals surface area (Å²) in [5.74, 6) is -0.0753. The van der Waals surface area contributed by atoms with Crippen LogP contribution in [0, 0.1) is 0 Å². The molecule has 0 saturated heterocycles. The van der Waals surface area contributed by atoms with Gasteiger partial charge in [-0.25, -0.2) is 4.79 Å². The first-order valence-corrected chi connectivity index (χ1v) is 8.44. The number of nitrogens with one attached hydrogen (secondary N) is 1. The molecular weight excluding hydrogens is 302 g/mol. The second-order valence-electron chi connectivity index (χ2n) is 6.32. The number of hydrogen-bond acceptors (Lipinski definition) is 2. The summed E-state index contributed by atoms with van der Waals surface area (Å²) < 4.78 is 0. The van der Waals surface area contributed by atoms with E-state index in [1.54, 1.807) is 0 Å². The standard InChI is InChI=1S/C19H23N3O2/c20-19(24)21-12-18(23)22(16-9-2-3-10-16)13-15-8-5-7-14-6-1-4-11-17(14)15/h1,4-8,11,16H,2-3,9-10,12-13H2,(H3,20,21,24). The van der Waals surface area contributed by atoms with Gasteiger partial charge in [-0.15, -0.1) is 0 Å². The maximum Gasteiger partial charge on any atom is 0.312 e. The van der Waals surface area contributed by atoms with E-state index in [0.717, 1.165) is 31.2 Å². The van der Waals surface area contributed by atoms with Gasteiger partial charge in [0, 0.05) is 12.6 Å². The molecule has 0 radical (unpaired) electrons. The lowest BCUT2D eigenvalue weighted by atomic mass is 10.0. The second-order valence-corrected chi connectivity index (χ2v) is 6.32. The van der Waals surface area contributed by atoms with Crippen LogP contribution in [0.2, 0.25) is 0 Å². The van der Waals surface area contributed by atoms with Crippen LogP contribution in [0.1, 0.15) is 31.2 Å². The third-order valence-corrected chi connectivity index (χ3v) is 4.72. The highest BCUT2D eigenvalue weighted by Crippen LogP contribution is 2.27. The van der Waals surface area contributed by atoms with Gasteiger partial charge in [0.05, 0.1) is 6.54 Å². The fourth-order valence-electron chi connectivity index (χ4n) is 3.52. The minimum Gasteiger partial charge on any atom is -0.352 e. The molecule has 5 heteroatoms. The molecule has 2 aromatic carbocycles. The number of benzene rings is 2. The van der Waals surface area contributed by atoms with Crippen molar-refractivity contribution in [1.82, 2.24) is 10.2 Å². The summed E-state index contributed by atoms with van der Waals surface area (Å²) in [6, 6.07) is 13.9. The van der Waals surface area contributed by atoms with E-state index in [9.17, 15) is 9.59 Å². The molecule has 3 rings (SSSR count). The van der Waals surface area contributed by atoms with E-state index in [4.69, 9.17) is 5.73 Å². The molecule has 0 aromatic heterocycles. The van der Waals surface area contributed by atoms with E-state index in [-0.39, 0.29) is 18.5 Å². The van der Waals surface area contributed by atoms with Crippen molar-refractivity contribution >= 4 is 22.7 Å². The van der Waals surface area contributed by atoms with E-state index in [1.807, 2.05) is 23.1 Å². The lowest BCUT2D eigenvalue weighted by molar-refractivity contribution is -0.133. The average Bonchev–Trinajstić information content (AvgIpc) is 3.12. The van der Waals surface area contributed by atoms with Crippen molar-refractivity contribution in [3.63, 3.8) is 0 Å². The fourth-order valence-corrected chi connectivity index (χ4v) is 3.52. The Morgan fingerprint density at radius 2 is 1.79 bits per heavy atom. The number of amides is 3. The largest absolute Gasteiger partial charge is 0.352 e. The Balaban J connectivity index is 1.85. The second kappa shape index (κ2) is 7.34. The molecule has 1 saturated carbocycles. The lowest BCUT2D eigenvalue weighted by Crippen LogP contribution is -2.45. The van der Waals surface area contributed by atoms with Crippen molar-refractivity contribution in [3.05, 3.63) is 48.0 Å². The van der Waals surface area contributed by atoms with Crippen molar-refractivity contribution in [1.29, 1.82) is 0 Å². The molecule has 24 heavy (non-hydrogen) atoms. The zero-order chi connectivity index (χ0) is 16.9. The van der Waals surface area contributed by atoms with Gasteiger partial charge < -0.3 is 16.0 Å². The Bertz CT molecular complexity index is 733. The Morgan fingerprint density at radius 3 is 2.54 bits per heavy atom. The van der Waals surface area contributed by atoms with Crippen LogP contribution in [0.25, 0.3) is 10.8 Å². The van der Waals surface area contributed by atoms with Gasteiger partial charge in [0.1, 0.15) is 0 Å². The first-order chi connectivity index (χ1) is 11.6. The molecule has 3 amide bonds. The number of nitrogens with zero attached hydrogens (tertiary/aromatic N) is 1. The number of nitrogens with two attached hydrogens (primary N) is 1. The Kier molecular flexibility index (Phi) is 4.99. The van der Waals surface area contributed by atoms with Gasteiger partial charge >= 0.3 is 6.03 Å². The van der Waals surface area contributed by atoms with E-state index < -0.39 is 6.03 Å². The highest BCUT2D eigenvalue weighted by molar-refractivity contribution is 5.87. The van der Waals surface area contributed by atoms with Crippen LogP contribution in [-0.2, 0) is 11.3 Å². The number of primary amides is 1. The minimum absolute atomic E-state index is 0.0450. The summed E-state index contributed by atoms with van der Waals surface area (Å²) in [5, 5.41) is 4.76. The van der Waals surface area contributed by atoms with Gasteiger partial charge in [-0.3, -0.25) is 4.79 Å². The number of hydrogen-bond donors (Lipinski definition) is 2. The zero-order valence-electron chi connectivity index (χ0n) is 13.7. The molecule has 0 bridgehead atoms. The molecular formula is C19H23N3O2. The van der Waals surface area contributed by atoms with Crippen LogP contribution in [0.3, 0.4) is 0 Å². The molecule has 1 aliphatic carbocycles. The average molecular weight is 325 g/mol. The predicted molar refractivity (Wildman–Crippen MR) is 94.3 cm³/mol. The van der Waals surface area contributed by atoms with Crippen LogP contribution >= 0.6 is 0 Å². The predicted octanol–water partition coefficient (Wildman–Crippen LogP) is 2.78. The van der Waals surface area contributed by atoms with Crippen molar-refractivity contribution in [3.8, 4) is 0 Å². The number of carbonyl (C=O) groups excluding carboxylic acids is 2. The van der Waals surface area contributed by atoms with Gasteiger partial charge in [0.2, 0.25) is 5.91 Å². The van der Waals surface area contributed by atoms with Crippen LogP contribution in [0.4, 0.5) is 4.79 Å². The summed E-state index contributed by atoms with van der Waals surface area (Å²) in [7, 11) is 0. The molecule has 3 N–H and O–H groups in total. The summed E-state index contributed by atoms with van der Waals surface area (Å²) in [6.07, 6.45) is 4.33. The van der Waals surface area contributed by atoms with Gasteiger partial charge in [0.15, 0.2) is 0 Å². The molecule has 0 aliphatic heterocycles. The van der Waals surface area contributed by atoms with Crippen LogP contribution in [-0.4, -0.2) is 29.4 Å². The summed E-state index contributed by atoms with van der Waals surface area (Å²) in [6.45, 7) is 0.516. The van der Waals surface area contributed by atoms with Crippen LogP contribution < -0.4 is 11.1 Å². The number of carbonyl (C=O) groups is 2. The van der Waals surface area contributed by atoms with Crippen LogP contribution in [0.15, 0.2) is 42.5 Å². The third-order valence-electron chi connectivity index (χ3n) is 4.72. The molecule has 5 nitrogen and oxygen atoms in total. The maximum atomic E-state index is 12.6. The molecule has 1 fully saturated rings. The summed E-state index contributed by atoms with van der Waals surface area (Å²) >= 11 is 0. The number of fused-ring (bicyclic) bond motifs is 1. The van der Waals surface area contributed by atoms with Crippen molar-refractivity contribution in [2.24, 2.45) is 5.73 Å². The SMILES string of the molecule is NC(=O)NCC(=O)N(Cc1cccc2ccccc12)C1CCCC1. The quantitative estimate of drug-likeness (QED) is 0.887. The molecule has 0 heterocycles. The monoisotopic (exact) mass is 325 g/mol. The van der Waals surface area contributed by atoms with Gasteiger partial charge in [-0.2, -0.15) is 0 Å². The summed E-state index contributed by atoms with van der Waals surface area (Å²) in [5.41, 5.74) is 6.23. The molecule has 0 unspecified atom stereocenters. The molecule has 1 aliphatic rings. The van der Waals surface area contributed by atoms with Gasteiger partial charge in [-0.1, -0.05) is 55.3 Å². The van der Waals surface area contributed by atoms with E-state index >= 15 is 0 Å². The zero-order valence-corrected chi connectivity index (χ0v) is 13.7. The van der Waals surface area contributed by atoms with Crippen LogP contribution in [0.5, 0.6) is 0 Å².